The molecule has 0 amide bonds. The van der Waals surface area contributed by atoms with Gasteiger partial charge in [-0.15, -0.1) is 0 Å². The van der Waals surface area contributed by atoms with Crippen molar-refractivity contribution in [2.45, 2.75) is 18.9 Å². The molecule has 0 fully saturated rings. The summed E-state index contributed by atoms with van der Waals surface area (Å²) in [6.45, 7) is 0. The van der Waals surface area contributed by atoms with E-state index in [0.29, 0.717) is 6.42 Å². The highest BCUT2D eigenvalue weighted by atomic mass is 19.1. The SMILES string of the molecule is N#CCCC(N)c1cc(F)ccc1F. The van der Waals surface area contributed by atoms with Crippen LogP contribution in [0.5, 0.6) is 0 Å². The molecule has 0 heterocycles. The molecule has 0 saturated heterocycles. The van der Waals surface area contributed by atoms with Crippen molar-refractivity contribution < 1.29 is 8.78 Å². The molecule has 0 saturated carbocycles. The van der Waals surface area contributed by atoms with Crippen LogP contribution in [0.4, 0.5) is 8.78 Å². The first-order valence-electron chi connectivity index (χ1n) is 4.22. The second kappa shape index (κ2) is 4.68. The second-order valence-electron chi connectivity index (χ2n) is 2.97. The molecule has 0 spiro atoms. The van der Waals surface area contributed by atoms with Crippen LogP contribution in [0.1, 0.15) is 24.4 Å². The highest BCUT2D eigenvalue weighted by molar-refractivity contribution is 5.22. The molecule has 74 valence electrons. The Kier molecular flexibility index (Phi) is 3.55. The average molecular weight is 196 g/mol. The molecule has 14 heavy (non-hydrogen) atoms. The maximum absolute atomic E-state index is 13.1. The Morgan fingerprint density at radius 2 is 2.14 bits per heavy atom. The van der Waals surface area contributed by atoms with Gasteiger partial charge in [0.15, 0.2) is 0 Å². The molecule has 0 aliphatic heterocycles. The number of nitriles is 1. The zero-order chi connectivity index (χ0) is 10.6. The Labute approximate surface area is 81.0 Å². The van der Waals surface area contributed by atoms with Crippen molar-refractivity contribution in [2.75, 3.05) is 0 Å². The molecule has 0 bridgehead atoms. The molecule has 0 radical (unpaired) electrons. The van der Waals surface area contributed by atoms with Gasteiger partial charge in [0.25, 0.3) is 0 Å². The van der Waals surface area contributed by atoms with Gasteiger partial charge in [0.1, 0.15) is 11.6 Å². The molecule has 1 unspecified atom stereocenters. The smallest absolute Gasteiger partial charge is 0.128 e. The van der Waals surface area contributed by atoms with E-state index >= 15 is 0 Å². The van der Waals surface area contributed by atoms with Crippen LogP contribution < -0.4 is 5.73 Å². The molecular formula is C10H10F2N2. The fourth-order valence-electron chi connectivity index (χ4n) is 1.17. The van der Waals surface area contributed by atoms with E-state index in [1.807, 2.05) is 6.07 Å². The van der Waals surface area contributed by atoms with Gasteiger partial charge in [0, 0.05) is 18.0 Å². The van der Waals surface area contributed by atoms with Gasteiger partial charge >= 0.3 is 0 Å². The summed E-state index contributed by atoms with van der Waals surface area (Å²) in [6.07, 6.45) is 0.563. The van der Waals surface area contributed by atoms with Crippen LogP contribution in [0.15, 0.2) is 18.2 Å². The summed E-state index contributed by atoms with van der Waals surface area (Å²) in [7, 11) is 0. The van der Waals surface area contributed by atoms with Gasteiger partial charge in [-0.05, 0) is 24.6 Å². The van der Waals surface area contributed by atoms with Gasteiger partial charge in [0.05, 0.1) is 6.07 Å². The van der Waals surface area contributed by atoms with E-state index in [2.05, 4.69) is 0 Å². The van der Waals surface area contributed by atoms with E-state index in [9.17, 15) is 8.78 Å². The van der Waals surface area contributed by atoms with Crippen LogP contribution in [0.25, 0.3) is 0 Å². The van der Waals surface area contributed by atoms with E-state index in [-0.39, 0.29) is 12.0 Å². The van der Waals surface area contributed by atoms with Crippen molar-refractivity contribution in [3.63, 3.8) is 0 Å². The molecular weight excluding hydrogens is 186 g/mol. The summed E-state index contributed by atoms with van der Waals surface area (Å²) >= 11 is 0. The largest absolute Gasteiger partial charge is 0.324 e. The lowest BCUT2D eigenvalue weighted by Gasteiger charge is -2.10. The molecule has 0 aliphatic carbocycles. The van der Waals surface area contributed by atoms with E-state index in [1.54, 1.807) is 0 Å². The van der Waals surface area contributed by atoms with Gasteiger partial charge in [-0.3, -0.25) is 0 Å². The van der Waals surface area contributed by atoms with Crippen LogP contribution in [0, 0.1) is 23.0 Å². The van der Waals surface area contributed by atoms with Crippen LogP contribution >= 0.6 is 0 Å². The fraction of sp³-hybridized carbons (Fsp3) is 0.300. The van der Waals surface area contributed by atoms with Gasteiger partial charge in [0.2, 0.25) is 0 Å². The van der Waals surface area contributed by atoms with Gasteiger partial charge in [-0.2, -0.15) is 5.26 Å². The highest BCUT2D eigenvalue weighted by Gasteiger charge is 2.11. The Bertz CT molecular complexity index is 358. The zero-order valence-corrected chi connectivity index (χ0v) is 7.50. The predicted octanol–water partition coefficient (Wildman–Crippen LogP) is 2.27. The van der Waals surface area contributed by atoms with Crippen molar-refractivity contribution in [1.29, 1.82) is 5.26 Å². The van der Waals surface area contributed by atoms with Crippen molar-refractivity contribution in [3.8, 4) is 6.07 Å². The Morgan fingerprint density at radius 1 is 1.43 bits per heavy atom. The van der Waals surface area contributed by atoms with E-state index < -0.39 is 17.7 Å². The minimum absolute atomic E-state index is 0.125. The van der Waals surface area contributed by atoms with Crippen molar-refractivity contribution in [2.24, 2.45) is 5.73 Å². The predicted molar refractivity (Wildman–Crippen MR) is 48.1 cm³/mol. The van der Waals surface area contributed by atoms with E-state index in [0.717, 1.165) is 18.2 Å². The summed E-state index contributed by atoms with van der Waals surface area (Å²) in [5.74, 6) is -1.05. The molecule has 0 aliphatic rings. The van der Waals surface area contributed by atoms with Crippen LogP contribution in [-0.2, 0) is 0 Å². The number of benzene rings is 1. The summed E-state index contributed by atoms with van der Waals surface area (Å²) in [5, 5.41) is 8.31. The number of hydrogen-bond acceptors (Lipinski definition) is 2. The third kappa shape index (κ3) is 2.51. The van der Waals surface area contributed by atoms with Gasteiger partial charge in [-0.25, -0.2) is 8.78 Å². The molecule has 1 rings (SSSR count). The number of nitrogens with two attached hydrogens (primary N) is 1. The Hall–Kier alpha value is -1.47. The maximum Gasteiger partial charge on any atom is 0.128 e. The molecule has 4 heteroatoms. The highest BCUT2D eigenvalue weighted by Crippen LogP contribution is 2.19. The Balaban J connectivity index is 2.83. The maximum atomic E-state index is 13.1. The van der Waals surface area contributed by atoms with Crippen LogP contribution in [0.2, 0.25) is 0 Å². The lowest BCUT2D eigenvalue weighted by Crippen LogP contribution is -2.12. The number of nitrogens with zero attached hydrogens (tertiary/aromatic N) is 1. The molecule has 1 atom stereocenters. The minimum Gasteiger partial charge on any atom is -0.324 e. The first-order valence-corrected chi connectivity index (χ1v) is 4.22. The lowest BCUT2D eigenvalue weighted by molar-refractivity contribution is 0.551. The average Bonchev–Trinajstić information content (AvgIpc) is 2.18. The number of halogens is 2. The zero-order valence-electron chi connectivity index (χ0n) is 7.50. The summed E-state index contributed by atoms with van der Waals surface area (Å²) in [6, 6.07) is 4.43. The third-order valence-electron chi connectivity index (χ3n) is 1.92. The molecule has 2 nitrogen and oxygen atoms in total. The first kappa shape index (κ1) is 10.6. The summed E-state index contributed by atoms with van der Waals surface area (Å²) in [5.41, 5.74) is 5.72. The monoisotopic (exact) mass is 196 g/mol. The summed E-state index contributed by atoms with van der Waals surface area (Å²) in [4.78, 5) is 0. The lowest BCUT2D eigenvalue weighted by atomic mass is 10.0. The minimum atomic E-state index is -0.620. The summed E-state index contributed by atoms with van der Waals surface area (Å²) < 4.78 is 25.9. The molecule has 2 N–H and O–H groups in total. The number of rotatable bonds is 3. The van der Waals surface area contributed by atoms with Crippen molar-refractivity contribution in [3.05, 3.63) is 35.4 Å². The molecule has 1 aromatic rings. The Morgan fingerprint density at radius 3 is 2.79 bits per heavy atom. The van der Waals surface area contributed by atoms with E-state index in [1.165, 1.54) is 0 Å². The van der Waals surface area contributed by atoms with Crippen LogP contribution in [-0.4, -0.2) is 0 Å². The topological polar surface area (TPSA) is 49.8 Å². The molecule has 0 aromatic heterocycles. The van der Waals surface area contributed by atoms with Crippen LogP contribution in [0.3, 0.4) is 0 Å². The second-order valence-corrected chi connectivity index (χ2v) is 2.97. The van der Waals surface area contributed by atoms with Crippen molar-refractivity contribution in [1.82, 2.24) is 0 Å². The van der Waals surface area contributed by atoms with E-state index in [4.69, 9.17) is 11.0 Å². The normalized spacial score (nSPS) is 12.1. The molecule has 1 aromatic carbocycles. The standard InChI is InChI=1S/C10H10F2N2/c11-7-3-4-9(12)8(6-7)10(14)2-1-5-13/h3-4,6,10H,1-2,14H2. The number of hydrogen-bond donors (Lipinski definition) is 1. The van der Waals surface area contributed by atoms with Crippen molar-refractivity contribution >= 4 is 0 Å². The van der Waals surface area contributed by atoms with Gasteiger partial charge < -0.3 is 5.73 Å². The first-order chi connectivity index (χ1) is 6.65. The third-order valence-corrected chi connectivity index (χ3v) is 1.92. The quantitative estimate of drug-likeness (QED) is 0.806. The fourth-order valence-corrected chi connectivity index (χ4v) is 1.17. The van der Waals surface area contributed by atoms with Gasteiger partial charge in [-0.1, -0.05) is 0 Å².